The Bertz CT molecular complexity index is 438. The van der Waals surface area contributed by atoms with Crippen LogP contribution in [0.1, 0.15) is 10.4 Å². The Morgan fingerprint density at radius 2 is 2.18 bits per heavy atom. The van der Waals surface area contributed by atoms with Crippen molar-refractivity contribution in [1.29, 1.82) is 0 Å². The van der Waals surface area contributed by atoms with Crippen LogP contribution in [0.25, 0.3) is 0 Å². The molecule has 0 aliphatic carbocycles. The summed E-state index contributed by atoms with van der Waals surface area (Å²) in [5.41, 5.74) is -0.176. The highest BCUT2D eigenvalue weighted by Crippen LogP contribution is 2.28. The second-order valence-corrected chi connectivity index (χ2v) is 3.39. The molecule has 1 rings (SSSR count). The van der Waals surface area contributed by atoms with E-state index in [-0.39, 0.29) is 16.9 Å². The van der Waals surface area contributed by atoms with Crippen LogP contribution in [0.2, 0.25) is 0 Å². The average Bonchev–Trinajstić information content (AvgIpc) is 2.27. The molecule has 0 saturated heterocycles. The molecular weight excluding hydrogens is 234 g/mol. The van der Waals surface area contributed by atoms with Crippen LogP contribution in [0.4, 0.5) is 20.2 Å². The number of aldehydes is 1. The number of hydrogen-bond donors (Lipinski definition) is 0. The van der Waals surface area contributed by atoms with Crippen molar-refractivity contribution in [2.24, 2.45) is 0 Å². The van der Waals surface area contributed by atoms with E-state index >= 15 is 0 Å². The lowest BCUT2D eigenvalue weighted by Crippen LogP contribution is -2.24. The van der Waals surface area contributed by atoms with Crippen LogP contribution in [0, 0.1) is 10.1 Å². The van der Waals surface area contributed by atoms with E-state index in [0.717, 1.165) is 11.0 Å². The molecule has 0 aliphatic rings. The first-order chi connectivity index (χ1) is 7.95. The molecule has 0 atom stereocenters. The molecule has 17 heavy (non-hydrogen) atoms. The quantitative estimate of drug-likeness (QED) is 0.452. The SMILES string of the molecule is CN(CC(F)F)c1ccc(C=O)cc1[N+](=O)[O-]. The van der Waals surface area contributed by atoms with Gasteiger partial charge in [-0.05, 0) is 12.1 Å². The van der Waals surface area contributed by atoms with Crippen molar-refractivity contribution >= 4 is 17.7 Å². The van der Waals surface area contributed by atoms with Gasteiger partial charge in [0.05, 0.1) is 11.5 Å². The summed E-state index contributed by atoms with van der Waals surface area (Å²) in [4.78, 5) is 21.6. The Morgan fingerprint density at radius 1 is 1.53 bits per heavy atom. The Kier molecular flexibility index (Phi) is 4.08. The molecule has 0 bridgehead atoms. The summed E-state index contributed by atoms with van der Waals surface area (Å²) in [7, 11) is 1.33. The van der Waals surface area contributed by atoms with Crippen LogP contribution in [0.15, 0.2) is 18.2 Å². The highest BCUT2D eigenvalue weighted by molar-refractivity contribution is 5.79. The van der Waals surface area contributed by atoms with Crippen molar-refractivity contribution < 1.29 is 18.5 Å². The molecule has 1 aromatic carbocycles. The smallest absolute Gasteiger partial charge is 0.293 e. The van der Waals surface area contributed by atoms with Gasteiger partial charge >= 0.3 is 0 Å². The highest BCUT2D eigenvalue weighted by atomic mass is 19.3. The molecule has 0 aliphatic heterocycles. The summed E-state index contributed by atoms with van der Waals surface area (Å²) in [5.74, 6) is 0. The number of halogens is 2. The molecule has 7 heteroatoms. The lowest BCUT2D eigenvalue weighted by Gasteiger charge is -2.18. The summed E-state index contributed by atoms with van der Waals surface area (Å²) in [6.45, 7) is -0.610. The van der Waals surface area contributed by atoms with E-state index in [0.29, 0.717) is 6.29 Å². The van der Waals surface area contributed by atoms with Crippen molar-refractivity contribution in [1.82, 2.24) is 0 Å². The lowest BCUT2D eigenvalue weighted by atomic mass is 10.2. The summed E-state index contributed by atoms with van der Waals surface area (Å²) >= 11 is 0. The van der Waals surface area contributed by atoms with Gasteiger partial charge in [-0.3, -0.25) is 14.9 Å². The van der Waals surface area contributed by atoms with Gasteiger partial charge in [-0.1, -0.05) is 0 Å². The summed E-state index contributed by atoms with van der Waals surface area (Å²) in [6, 6.07) is 3.69. The molecule has 92 valence electrons. The third-order valence-electron chi connectivity index (χ3n) is 2.16. The molecule has 0 heterocycles. The minimum absolute atomic E-state index is 0.0564. The van der Waals surface area contributed by atoms with Gasteiger partial charge in [0.2, 0.25) is 0 Å². The number of carbonyl (C=O) groups is 1. The molecule has 5 nitrogen and oxygen atoms in total. The first kappa shape index (κ1) is 13.0. The van der Waals surface area contributed by atoms with Crippen LogP contribution in [0.5, 0.6) is 0 Å². The van der Waals surface area contributed by atoms with Crippen molar-refractivity contribution in [3.8, 4) is 0 Å². The van der Waals surface area contributed by atoms with Gasteiger partial charge in [0, 0.05) is 18.7 Å². The number of nitro groups is 1. The Morgan fingerprint density at radius 3 is 2.65 bits per heavy atom. The maximum Gasteiger partial charge on any atom is 0.293 e. The molecule has 0 unspecified atom stereocenters. The lowest BCUT2D eigenvalue weighted by molar-refractivity contribution is -0.384. The number of rotatable bonds is 5. The monoisotopic (exact) mass is 244 g/mol. The second-order valence-electron chi connectivity index (χ2n) is 3.39. The molecule has 0 radical (unpaired) electrons. The van der Waals surface area contributed by atoms with Gasteiger partial charge in [-0.25, -0.2) is 8.78 Å². The fourth-order valence-electron chi connectivity index (χ4n) is 1.39. The van der Waals surface area contributed by atoms with E-state index in [2.05, 4.69) is 0 Å². The van der Waals surface area contributed by atoms with Gasteiger partial charge in [0.15, 0.2) is 0 Å². The van der Waals surface area contributed by atoms with Gasteiger partial charge in [-0.2, -0.15) is 0 Å². The Balaban J connectivity index is 3.14. The van der Waals surface area contributed by atoms with E-state index in [9.17, 15) is 23.7 Å². The molecule has 1 aromatic rings. The number of carbonyl (C=O) groups excluding carboxylic acids is 1. The van der Waals surface area contributed by atoms with Gasteiger partial charge < -0.3 is 4.90 Å². The van der Waals surface area contributed by atoms with Gasteiger partial charge in [0.25, 0.3) is 12.1 Å². The number of hydrogen-bond acceptors (Lipinski definition) is 4. The zero-order valence-electron chi connectivity index (χ0n) is 8.97. The maximum atomic E-state index is 12.2. The molecule has 0 fully saturated rings. The summed E-state index contributed by atoms with van der Waals surface area (Å²) in [6.07, 6.45) is -2.13. The molecule has 0 aromatic heterocycles. The maximum absolute atomic E-state index is 12.2. The minimum atomic E-state index is -2.59. The van der Waals surface area contributed by atoms with Crippen LogP contribution < -0.4 is 4.90 Å². The van der Waals surface area contributed by atoms with Crippen LogP contribution in [-0.4, -0.2) is 31.2 Å². The van der Waals surface area contributed by atoms with E-state index < -0.39 is 17.9 Å². The fourth-order valence-corrected chi connectivity index (χ4v) is 1.39. The zero-order chi connectivity index (χ0) is 13.0. The van der Waals surface area contributed by atoms with Crippen LogP contribution in [0.3, 0.4) is 0 Å². The van der Waals surface area contributed by atoms with Crippen molar-refractivity contribution in [2.75, 3.05) is 18.5 Å². The predicted molar refractivity (Wildman–Crippen MR) is 57.8 cm³/mol. The van der Waals surface area contributed by atoms with Crippen LogP contribution >= 0.6 is 0 Å². The molecule has 0 spiro atoms. The van der Waals surface area contributed by atoms with E-state index in [4.69, 9.17) is 0 Å². The Hall–Kier alpha value is -2.05. The number of alkyl halides is 2. The molecule has 0 saturated carbocycles. The van der Waals surface area contributed by atoms with E-state index in [1.807, 2.05) is 0 Å². The first-order valence-corrected chi connectivity index (χ1v) is 4.68. The predicted octanol–water partition coefficient (Wildman–Crippen LogP) is 2.11. The van der Waals surface area contributed by atoms with Crippen molar-refractivity contribution in [3.63, 3.8) is 0 Å². The summed E-state index contributed by atoms with van der Waals surface area (Å²) < 4.78 is 24.4. The average molecular weight is 244 g/mol. The normalized spacial score (nSPS) is 10.4. The topological polar surface area (TPSA) is 63.5 Å². The highest BCUT2D eigenvalue weighted by Gasteiger charge is 2.19. The minimum Gasteiger partial charge on any atom is -0.363 e. The van der Waals surface area contributed by atoms with Crippen molar-refractivity contribution in [3.05, 3.63) is 33.9 Å². The Labute approximate surface area is 95.8 Å². The van der Waals surface area contributed by atoms with Gasteiger partial charge in [-0.15, -0.1) is 0 Å². The third kappa shape index (κ3) is 3.20. The summed E-state index contributed by atoms with van der Waals surface area (Å²) in [5, 5.41) is 10.8. The van der Waals surface area contributed by atoms with E-state index in [1.165, 1.54) is 19.2 Å². The van der Waals surface area contributed by atoms with Crippen LogP contribution in [-0.2, 0) is 0 Å². The standard InChI is InChI=1S/C10H10F2N2O3/c1-13(5-10(11)12)8-3-2-7(6-15)4-9(8)14(16)17/h2-4,6,10H,5H2,1H3. The van der Waals surface area contributed by atoms with Gasteiger partial charge in [0.1, 0.15) is 12.0 Å². The number of nitro benzene ring substituents is 1. The molecule has 0 N–H and O–H groups in total. The van der Waals surface area contributed by atoms with Crippen molar-refractivity contribution in [2.45, 2.75) is 6.43 Å². The third-order valence-corrected chi connectivity index (χ3v) is 2.16. The fraction of sp³-hybridized carbons (Fsp3) is 0.300. The number of nitrogens with zero attached hydrogens (tertiary/aromatic N) is 2. The number of benzene rings is 1. The first-order valence-electron chi connectivity index (χ1n) is 4.68. The zero-order valence-corrected chi connectivity index (χ0v) is 8.97. The largest absolute Gasteiger partial charge is 0.363 e. The van der Waals surface area contributed by atoms with E-state index in [1.54, 1.807) is 0 Å². The second kappa shape index (κ2) is 5.33. The molecular formula is C10H10F2N2O3. The number of anilines is 1. The molecule has 0 amide bonds.